The molecule has 182 valence electrons. The lowest BCUT2D eigenvalue weighted by molar-refractivity contribution is -0.153. The predicted molar refractivity (Wildman–Crippen MR) is 110 cm³/mol. The van der Waals surface area contributed by atoms with E-state index in [-0.39, 0.29) is 80.1 Å². The van der Waals surface area contributed by atoms with E-state index in [2.05, 4.69) is 9.73 Å². The summed E-state index contributed by atoms with van der Waals surface area (Å²) < 4.78 is 23.6. The molecule has 0 atom stereocenters. The molecule has 0 radical (unpaired) electrons. The molecule has 0 aliphatic heterocycles. The first kappa shape index (κ1) is 33.2. The lowest BCUT2D eigenvalue weighted by atomic mass is 10.2. The van der Waals surface area contributed by atoms with Crippen molar-refractivity contribution in [3.63, 3.8) is 0 Å². The molecule has 0 aromatic rings. The summed E-state index contributed by atoms with van der Waals surface area (Å²) >= 11 is 0. The highest BCUT2D eigenvalue weighted by molar-refractivity contribution is 5.71. The molecule has 0 fully saturated rings. The third kappa shape index (κ3) is 22.8. The van der Waals surface area contributed by atoms with Crippen LogP contribution in [0.2, 0.25) is 0 Å². The van der Waals surface area contributed by atoms with Crippen LogP contribution in [0.3, 0.4) is 0 Å². The third-order valence-electron chi connectivity index (χ3n) is 3.20. The average Bonchev–Trinajstić information content (AvgIpc) is 2.72. The van der Waals surface area contributed by atoms with Crippen molar-refractivity contribution in [1.29, 1.82) is 5.26 Å². The van der Waals surface area contributed by atoms with Gasteiger partial charge in [0.2, 0.25) is 6.08 Å². The smallest absolute Gasteiger partial charge is 0.309 e. The maximum absolute atomic E-state index is 11.5. The summed E-state index contributed by atoms with van der Waals surface area (Å²) in [6.07, 6.45) is 3.60. The number of isocyanates is 1. The van der Waals surface area contributed by atoms with Crippen molar-refractivity contribution in [3.05, 3.63) is 0 Å². The Kier molecular flexibility index (Phi) is 24.7. The number of hydrogen-bond acceptors (Lipinski definition) is 12. The molecule has 0 heterocycles. The first-order valence-corrected chi connectivity index (χ1v) is 9.16. The van der Waals surface area contributed by atoms with E-state index in [4.69, 9.17) is 24.2 Å². The second-order valence-corrected chi connectivity index (χ2v) is 5.50. The summed E-state index contributed by atoms with van der Waals surface area (Å²) in [4.78, 5) is 58.4. The summed E-state index contributed by atoms with van der Waals surface area (Å²) in [7, 11) is 0. The van der Waals surface area contributed by atoms with Gasteiger partial charge in [0, 0.05) is 12.8 Å². The highest BCUT2D eigenvalue weighted by Crippen LogP contribution is 2.03. The lowest BCUT2D eigenvalue weighted by Crippen LogP contribution is -2.15. The molecule has 0 aromatic heterocycles. The molecule has 0 bridgehead atoms. The number of hydrogen-bond donors (Lipinski definition) is 0. The fourth-order valence-electron chi connectivity index (χ4n) is 1.82. The zero-order valence-corrected chi connectivity index (χ0v) is 16.5. The Balaban J connectivity index is -0.00000420. The van der Waals surface area contributed by atoms with Gasteiger partial charge in [-0.25, -0.2) is 9.79 Å². The summed E-state index contributed by atoms with van der Waals surface area (Å²) in [6.45, 7) is -0.456. The van der Waals surface area contributed by atoms with Gasteiger partial charge in [-0.3, -0.25) is 19.2 Å². The van der Waals surface area contributed by atoms with Crippen LogP contribution in [0.15, 0.2) is 4.99 Å². The SMILES string of the molecule is C.C.N#COCCC(=O)OCCOC(=O)CCCCC(=O)OCCOC(=O)CCN=C=O. The lowest BCUT2D eigenvalue weighted by Gasteiger charge is -2.07. The Labute approximate surface area is 187 Å². The van der Waals surface area contributed by atoms with E-state index in [0.717, 1.165) is 0 Å². The van der Waals surface area contributed by atoms with Gasteiger partial charge in [0.05, 0.1) is 19.4 Å². The molecule has 0 saturated heterocycles. The van der Waals surface area contributed by atoms with Crippen molar-refractivity contribution in [3.8, 4) is 6.26 Å². The molecule has 0 saturated carbocycles. The fraction of sp³-hybridized carbons (Fsp3) is 0.700. The maximum Gasteiger partial charge on any atom is 0.309 e. The molecule has 0 rings (SSSR count). The molecule has 0 unspecified atom stereocenters. The van der Waals surface area contributed by atoms with E-state index >= 15 is 0 Å². The summed E-state index contributed by atoms with van der Waals surface area (Å²) in [5.74, 6) is -2.11. The Morgan fingerprint density at radius 1 is 0.656 bits per heavy atom. The second-order valence-electron chi connectivity index (χ2n) is 5.50. The van der Waals surface area contributed by atoms with Crippen LogP contribution in [-0.2, 0) is 47.7 Å². The van der Waals surface area contributed by atoms with E-state index in [1.165, 1.54) is 12.3 Å². The van der Waals surface area contributed by atoms with Crippen molar-refractivity contribution in [2.75, 3.05) is 39.6 Å². The quantitative estimate of drug-likeness (QED) is 0.0772. The molecule has 0 spiro atoms. The van der Waals surface area contributed by atoms with Crippen LogP contribution in [0.5, 0.6) is 0 Å². The molecule has 12 heteroatoms. The number of nitrogens with zero attached hydrogens (tertiary/aromatic N) is 2. The fourth-order valence-corrected chi connectivity index (χ4v) is 1.82. The number of ether oxygens (including phenoxy) is 5. The topological polar surface area (TPSA) is 168 Å². The van der Waals surface area contributed by atoms with Gasteiger partial charge < -0.3 is 23.7 Å². The first-order valence-electron chi connectivity index (χ1n) is 9.16. The maximum atomic E-state index is 11.5. The van der Waals surface area contributed by atoms with E-state index in [0.29, 0.717) is 12.8 Å². The van der Waals surface area contributed by atoms with Gasteiger partial charge in [0.25, 0.3) is 6.26 Å². The van der Waals surface area contributed by atoms with Crippen molar-refractivity contribution in [1.82, 2.24) is 0 Å². The Bertz CT molecular complexity index is 639. The molecule has 0 amide bonds. The zero-order chi connectivity index (χ0) is 22.5. The van der Waals surface area contributed by atoms with Crippen LogP contribution in [0, 0.1) is 11.5 Å². The molecule has 32 heavy (non-hydrogen) atoms. The number of nitriles is 1. The minimum Gasteiger partial charge on any atom is -0.462 e. The largest absolute Gasteiger partial charge is 0.462 e. The first-order chi connectivity index (χ1) is 14.5. The van der Waals surface area contributed by atoms with E-state index < -0.39 is 23.9 Å². The number of unbranched alkanes of at least 4 members (excludes halogenated alkanes) is 1. The van der Waals surface area contributed by atoms with Crippen molar-refractivity contribution in [2.24, 2.45) is 4.99 Å². The Morgan fingerprint density at radius 2 is 1.06 bits per heavy atom. The number of carbonyl (C=O) groups is 4. The van der Waals surface area contributed by atoms with Gasteiger partial charge in [-0.15, -0.1) is 0 Å². The third-order valence-corrected chi connectivity index (χ3v) is 3.20. The summed E-state index contributed by atoms with van der Waals surface area (Å²) in [5.41, 5.74) is 0. The standard InChI is InChI=1S/C18H24N2O10.2CH4/c19-13-26-8-6-18(25)30-12-10-28-16(23)4-2-1-3-15(22)27-9-11-29-17(24)5-7-20-14-21;;/h1-12H2;2*1H4. The van der Waals surface area contributed by atoms with Gasteiger partial charge in [0.15, 0.2) is 0 Å². The second kappa shape index (κ2) is 23.8. The van der Waals surface area contributed by atoms with Crippen molar-refractivity contribution >= 4 is 30.0 Å². The van der Waals surface area contributed by atoms with Gasteiger partial charge in [-0.2, -0.15) is 5.26 Å². The van der Waals surface area contributed by atoms with Gasteiger partial charge in [-0.1, -0.05) is 14.9 Å². The molecule has 0 aliphatic carbocycles. The zero-order valence-electron chi connectivity index (χ0n) is 16.5. The minimum absolute atomic E-state index is 0. The molecule has 0 N–H and O–H groups in total. The van der Waals surface area contributed by atoms with Crippen LogP contribution < -0.4 is 0 Å². The summed E-state index contributed by atoms with van der Waals surface area (Å²) in [6, 6.07) is 0. The molecule has 0 aliphatic rings. The van der Waals surface area contributed by atoms with Crippen LogP contribution in [0.4, 0.5) is 0 Å². The highest BCUT2D eigenvalue weighted by atomic mass is 16.6. The van der Waals surface area contributed by atoms with Crippen LogP contribution in [0.25, 0.3) is 0 Å². The average molecular weight is 460 g/mol. The normalized spacial score (nSPS) is 8.84. The highest BCUT2D eigenvalue weighted by Gasteiger charge is 2.08. The molecule has 12 nitrogen and oxygen atoms in total. The van der Waals surface area contributed by atoms with Gasteiger partial charge >= 0.3 is 23.9 Å². The van der Waals surface area contributed by atoms with Crippen molar-refractivity contribution in [2.45, 2.75) is 53.4 Å². The number of carbonyl (C=O) groups excluding carboxylic acids is 5. The minimum atomic E-state index is -0.568. The molecular weight excluding hydrogens is 428 g/mol. The number of esters is 4. The molecular formula is C20H32N2O10. The number of aliphatic imine (C=N–C) groups is 1. The predicted octanol–water partition coefficient (Wildman–Crippen LogP) is 1.61. The Hall–Kier alpha value is -3.45. The van der Waals surface area contributed by atoms with E-state index in [9.17, 15) is 24.0 Å². The molecule has 0 aromatic carbocycles. The summed E-state index contributed by atoms with van der Waals surface area (Å²) in [5, 5.41) is 8.14. The van der Waals surface area contributed by atoms with Gasteiger partial charge in [-0.05, 0) is 12.8 Å². The monoisotopic (exact) mass is 460 g/mol. The van der Waals surface area contributed by atoms with Crippen LogP contribution in [-0.4, -0.2) is 69.5 Å². The van der Waals surface area contributed by atoms with Crippen LogP contribution in [0.1, 0.15) is 53.4 Å². The van der Waals surface area contributed by atoms with E-state index in [1.54, 1.807) is 0 Å². The Morgan fingerprint density at radius 3 is 1.47 bits per heavy atom. The van der Waals surface area contributed by atoms with Crippen LogP contribution >= 0.6 is 0 Å². The number of rotatable bonds is 17. The van der Waals surface area contributed by atoms with Crippen molar-refractivity contribution < 1.29 is 47.7 Å². The van der Waals surface area contributed by atoms with Gasteiger partial charge in [0.1, 0.15) is 33.0 Å². The van der Waals surface area contributed by atoms with E-state index in [1.807, 2.05) is 0 Å².